The van der Waals surface area contributed by atoms with E-state index >= 15 is 0 Å². The monoisotopic (exact) mass is 424 g/mol. The number of nitrogens with one attached hydrogen (secondary N) is 1. The van der Waals surface area contributed by atoms with Gasteiger partial charge in [-0.25, -0.2) is 9.59 Å². The second-order valence-corrected chi connectivity index (χ2v) is 7.38. The largest absolute Gasteiger partial charge is 0.480 e. The summed E-state index contributed by atoms with van der Waals surface area (Å²) in [7, 11) is -4.02. The van der Waals surface area contributed by atoms with Crippen molar-refractivity contribution in [1.29, 1.82) is 0 Å². The molecule has 10 heteroatoms. The maximum absolute atomic E-state index is 11.4. The summed E-state index contributed by atoms with van der Waals surface area (Å²) >= 11 is 0. The number of carboxylic acid groups (broad SMARTS) is 1. The molecule has 1 atom stereocenters. The lowest BCUT2D eigenvalue weighted by molar-refractivity contribution is -0.139. The average Bonchev–Trinajstić information content (AvgIpc) is 2.67. The normalized spacial score (nSPS) is 11.6. The van der Waals surface area contributed by atoms with Gasteiger partial charge < -0.3 is 20.9 Å². The van der Waals surface area contributed by atoms with Gasteiger partial charge in [-0.15, -0.1) is 0 Å². The van der Waals surface area contributed by atoms with E-state index in [9.17, 15) is 18.0 Å². The molecule has 0 spiro atoms. The van der Waals surface area contributed by atoms with Gasteiger partial charge in [0.15, 0.2) is 0 Å². The molecule has 0 aromatic heterocycles. The number of benzene rings is 2. The van der Waals surface area contributed by atoms with E-state index in [2.05, 4.69) is 5.32 Å². The highest BCUT2D eigenvalue weighted by atomic mass is 32.2. The third-order valence-corrected chi connectivity index (χ3v) is 4.45. The van der Waals surface area contributed by atoms with Crippen molar-refractivity contribution in [2.45, 2.75) is 30.9 Å². The molecule has 0 saturated carbocycles. The molecule has 1 amide bonds. The Hall–Kier alpha value is -2.95. The standard InChI is InChI=1S/C12H16N2O4.C7H8O3S/c13-7-6-10(11(15)16)14-12(17)18-8-9-4-2-1-3-5-9;1-6-2-4-7(5-3-6)11(8,9)10/h1-5,10H,6-8,13H2,(H,14,17)(H,15,16);2-5H,1H3,(H,8,9,10). The van der Waals surface area contributed by atoms with Crippen molar-refractivity contribution in [2.24, 2.45) is 5.73 Å². The second-order valence-electron chi connectivity index (χ2n) is 5.96. The molecule has 2 aromatic rings. The van der Waals surface area contributed by atoms with Crippen LogP contribution in [-0.4, -0.2) is 42.7 Å². The zero-order chi connectivity index (χ0) is 21.9. The van der Waals surface area contributed by atoms with E-state index in [1.54, 1.807) is 12.1 Å². The minimum atomic E-state index is -4.02. The maximum atomic E-state index is 11.4. The molecule has 2 rings (SSSR count). The molecule has 0 saturated heterocycles. The quantitative estimate of drug-likeness (QED) is 0.491. The van der Waals surface area contributed by atoms with E-state index in [0.717, 1.165) is 11.1 Å². The van der Waals surface area contributed by atoms with Crippen LogP contribution in [0, 0.1) is 6.92 Å². The molecule has 0 heterocycles. The third kappa shape index (κ3) is 9.70. The van der Waals surface area contributed by atoms with Crippen LogP contribution in [0.4, 0.5) is 4.79 Å². The fraction of sp³-hybridized carbons (Fsp3) is 0.263. The summed E-state index contributed by atoms with van der Waals surface area (Å²) in [5.41, 5.74) is 7.04. The van der Waals surface area contributed by atoms with Crippen LogP contribution in [0.2, 0.25) is 0 Å². The van der Waals surface area contributed by atoms with Gasteiger partial charge in [0.25, 0.3) is 10.1 Å². The number of hydrogen-bond acceptors (Lipinski definition) is 6. The van der Waals surface area contributed by atoms with Crippen molar-refractivity contribution in [3.05, 3.63) is 65.7 Å². The predicted molar refractivity (Wildman–Crippen MR) is 106 cm³/mol. The van der Waals surface area contributed by atoms with Crippen LogP contribution in [0.5, 0.6) is 0 Å². The molecule has 1 unspecified atom stereocenters. The van der Waals surface area contributed by atoms with Gasteiger partial charge in [0.2, 0.25) is 0 Å². The molecule has 0 aliphatic heterocycles. The number of alkyl carbamates (subject to hydrolysis) is 1. The average molecular weight is 424 g/mol. The molecule has 0 radical (unpaired) electrons. The highest BCUT2D eigenvalue weighted by molar-refractivity contribution is 7.85. The zero-order valence-corrected chi connectivity index (χ0v) is 16.6. The number of hydrogen-bond donors (Lipinski definition) is 4. The van der Waals surface area contributed by atoms with E-state index in [0.29, 0.717) is 0 Å². The van der Waals surface area contributed by atoms with Gasteiger partial charge in [0.1, 0.15) is 12.6 Å². The fourth-order valence-corrected chi connectivity index (χ4v) is 2.52. The third-order valence-electron chi connectivity index (χ3n) is 3.58. The van der Waals surface area contributed by atoms with Crippen molar-refractivity contribution < 1.29 is 32.4 Å². The van der Waals surface area contributed by atoms with Gasteiger partial charge in [-0.05, 0) is 37.6 Å². The highest BCUT2D eigenvalue weighted by Crippen LogP contribution is 2.08. The molecule has 0 aliphatic rings. The molecule has 29 heavy (non-hydrogen) atoms. The van der Waals surface area contributed by atoms with Crippen LogP contribution >= 0.6 is 0 Å². The first-order valence-electron chi connectivity index (χ1n) is 8.57. The van der Waals surface area contributed by atoms with Gasteiger partial charge in [0, 0.05) is 0 Å². The van der Waals surface area contributed by atoms with Crippen LogP contribution in [0.1, 0.15) is 17.5 Å². The summed E-state index contributed by atoms with van der Waals surface area (Å²) in [6.07, 6.45) is -0.602. The van der Waals surface area contributed by atoms with Crippen molar-refractivity contribution in [1.82, 2.24) is 5.32 Å². The molecule has 2 aromatic carbocycles. The Kier molecular flexibility index (Phi) is 9.80. The molecule has 158 valence electrons. The van der Waals surface area contributed by atoms with E-state index in [1.807, 2.05) is 37.3 Å². The summed E-state index contributed by atoms with van der Waals surface area (Å²) in [5, 5.41) is 11.1. The van der Waals surface area contributed by atoms with E-state index < -0.39 is 28.2 Å². The summed E-state index contributed by atoms with van der Waals surface area (Å²) < 4.78 is 34.5. The Morgan fingerprint density at radius 1 is 1.10 bits per heavy atom. The summed E-state index contributed by atoms with van der Waals surface area (Å²) in [4.78, 5) is 22.1. The Balaban J connectivity index is 0.000000326. The van der Waals surface area contributed by atoms with E-state index in [-0.39, 0.29) is 24.5 Å². The number of aliphatic carboxylic acids is 1. The number of aryl methyl sites for hydroxylation is 1. The minimum absolute atomic E-state index is 0.0666. The molecule has 5 N–H and O–H groups in total. The molecule has 9 nitrogen and oxygen atoms in total. The van der Waals surface area contributed by atoms with Crippen LogP contribution < -0.4 is 11.1 Å². The highest BCUT2D eigenvalue weighted by Gasteiger charge is 2.19. The Labute approximate surface area is 169 Å². The van der Waals surface area contributed by atoms with E-state index in [4.69, 9.17) is 20.1 Å². The van der Waals surface area contributed by atoms with Gasteiger partial charge in [-0.3, -0.25) is 4.55 Å². The Morgan fingerprint density at radius 2 is 1.69 bits per heavy atom. The van der Waals surface area contributed by atoms with Gasteiger partial charge in [0.05, 0.1) is 4.90 Å². The van der Waals surface area contributed by atoms with Crippen LogP contribution in [0.3, 0.4) is 0 Å². The zero-order valence-electron chi connectivity index (χ0n) is 15.8. The molecular weight excluding hydrogens is 400 g/mol. The molecular formula is C19H24N2O7S. The lowest BCUT2D eigenvalue weighted by Gasteiger charge is -2.13. The lowest BCUT2D eigenvalue weighted by atomic mass is 10.2. The van der Waals surface area contributed by atoms with Gasteiger partial charge in [-0.1, -0.05) is 48.0 Å². The first kappa shape index (κ1) is 24.1. The maximum Gasteiger partial charge on any atom is 0.408 e. The predicted octanol–water partition coefficient (Wildman–Crippen LogP) is 1.96. The molecule has 0 fully saturated rings. The Bertz CT molecular complexity index is 885. The number of carbonyl (C=O) groups excluding carboxylic acids is 1. The number of nitrogens with two attached hydrogens (primary N) is 1. The van der Waals surface area contributed by atoms with E-state index in [1.165, 1.54) is 12.1 Å². The summed E-state index contributed by atoms with van der Waals surface area (Å²) in [6.45, 7) is 2.12. The summed E-state index contributed by atoms with van der Waals surface area (Å²) in [6, 6.07) is 14.1. The Morgan fingerprint density at radius 3 is 2.17 bits per heavy atom. The number of carbonyl (C=O) groups is 2. The van der Waals surface area contributed by atoms with Crippen LogP contribution in [0.25, 0.3) is 0 Å². The van der Waals surface area contributed by atoms with Crippen molar-refractivity contribution in [2.75, 3.05) is 6.54 Å². The topological polar surface area (TPSA) is 156 Å². The number of ether oxygens (including phenoxy) is 1. The lowest BCUT2D eigenvalue weighted by Crippen LogP contribution is -2.42. The number of amides is 1. The first-order valence-corrected chi connectivity index (χ1v) is 10.0. The van der Waals surface area contributed by atoms with Gasteiger partial charge in [-0.2, -0.15) is 8.42 Å². The second kappa shape index (κ2) is 11.8. The first-order chi connectivity index (χ1) is 13.6. The smallest absolute Gasteiger partial charge is 0.408 e. The minimum Gasteiger partial charge on any atom is -0.480 e. The van der Waals surface area contributed by atoms with Crippen molar-refractivity contribution >= 4 is 22.2 Å². The fourth-order valence-electron chi connectivity index (χ4n) is 2.04. The van der Waals surface area contributed by atoms with Crippen molar-refractivity contribution in [3.8, 4) is 0 Å². The molecule has 0 bridgehead atoms. The number of rotatable bonds is 7. The van der Waals surface area contributed by atoms with Gasteiger partial charge >= 0.3 is 12.1 Å². The summed E-state index contributed by atoms with van der Waals surface area (Å²) in [5.74, 6) is -1.13. The van der Waals surface area contributed by atoms with Crippen LogP contribution in [0.15, 0.2) is 59.5 Å². The van der Waals surface area contributed by atoms with Crippen molar-refractivity contribution in [3.63, 3.8) is 0 Å². The SMILES string of the molecule is Cc1ccc(S(=O)(=O)O)cc1.NCCC(NC(=O)OCc1ccccc1)C(=O)O. The molecule has 0 aliphatic carbocycles. The number of carboxylic acids is 1. The van der Waals surface area contributed by atoms with Crippen LogP contribution in [-0.2, 0) is 26.3 Å².